The van der Waals surface area contributed by atoms with Gasteiger partial charge in [0.2, 0.25) is 0 Å². The van der Waals surface area contributed by atoms with Crippen LogP contribution < -0.4 is 0 Å². The molecule has 100 valence electrons. The Balaban J connectivity index is 1.94. The highest BCUT2D eigenvalue weighted by Gasteiger charge is 2.31. The molecule has 0 aromatic carbocycles. The summed E-state index contributed by atoms with van der Waals surface area (Å²) in [5, 5.41) is 0. The quantitative estimate of drug-likeness (QED) is 0.770. The molecule has 1 aliphatic rings. The van der Waals surface area contributed by atoms with E-state index in [-0.39, 0.29) is 6.09 Å². The molecule has 3 nitrogen and oxygen atoms in total. The molecule has 5 heteroatoms. The molecule has 1 atom stereocenters. The van der Waals surface area contributed by atoms with Gasteiger partial charge in [0.1, 0.15) is 5.60 Å². The first-order chi connectivity index (χ1) is 8.35. The molecule has 1 saturated heterocycles. The average Bonchev–Trinajstić information content (AvgIpc) is 2.82. The minimum Gasteiger partial charge on any atom is -0.444 e. The second kappa shape index (κ2) is 5.21. The van der Waals surface area contributed by atoms with Crippen molar-refractivity contribution in [3.8, 4) is 0 Å². The highest BCUT2D eigenvalue weighted by molar-refractivity contribution is 9.11. The van der Waals surface area contributed by atoms with E-state index < -0.39 is 5.60 Å². The maximum atomic E-state index is 11.9. The topological polar surface area (TPSA) is 29.5 Å². The third-order valence-electron chi connectivity index (χ3n) is 2.84. The van der Waals surface area contributed by atoms with Crippen LogP contribution in [0.5, 0.6) is 0 Å². The van der Waals surface area contributed by atoms with Crippen LogP contribution in [0.2, 0.25) is 0 Å². The number of ether oxygens (including phenoxy) is 1. The minimum absolute atomic E-state index is 0.194. The fourth-order valence-corrected chi connectivity index (χ4v) is 3.58. The van der Waals surface area contributed by atoms with E-state index in [0.717, 1.165) is 23.3 Å². The number of carbonyl (C=O) groups excluding carboxylic acids is 1. The lowest BCUT2D eigenvalue weighted by atomic mass is 10.1. The normalized spacial score (nSPS) is 20.2. The number of hydrogen-bond acceptors (Lipinski definition) is 3. The van der Waals surface area contributed by atoms with E-state index in [1.165, 1.54) is 4.88 Å². The van der Waals surface area contributed by atoms with Gasteiger partial charge < -0.3 is 9.64 Å². The Kier molecular flexibility index (Phi) is 4.02. The Morgan fingerprint density at radius 1 is 1.50 bits per heavy atom. The van der Waals surface area contributed by atoms with Gasteiger partial charge in [0, 0.05) is 23.9 Å². The standard InChI is InChI=1S/C13H18BrNO2S/c1-13(2,3)17-12(16)15-7-6-9(8-15)10-4-5-11(14)18-10/h4-5,9H,6-8H2,1-3H3. The number of rotatable bonds is 1. The molecule has 0 radical (unpaired) electrons. The lowest BCUT2D eigenvalue weighted by Crippen LogP contribution is -2.35. The molecule has 0 bridgehead atoms. The number of likely N-dealkylation sites (tertiary alicyclic amines) is 1. The van der Waals surface area contributed by atoms with Gasteiger partial charge in [-0.3, -0.25) is 0 Å². The number of carbonyl (C=O) groups is 1. The molecular formula is C13H18BrNO2S. The van der Waals surface area contributed by atoms with Crippen molar-refractivity contribution in [2.45, 2.75) is 38.7 Å². The molecule has 0 N–H and O–H groups in total. The number of hydrogen-bond donors (Lipinski definition) is 0. The summed E-state index contributed by atoms with van der Waals surface area (Å²) in [6, 6.07) is 4.20. The predicted molar refractivity (Wildman–Crippen MR) is 77.2 cm³/mol. The molecule has 1 unspecified atom stereocenters. The summed E-state index contributed by atoms with van der Waals surface area (Å²) in [5.74, 6) is 0.453. The van der Waals surface area contributed by atoms with E-state index in [2.05, 4.69) is 28.1 Å². The van der Waals surface area contributed by atoms with Gasteiger partial charge in [-0.2, -0.15) is 0 Å². The van der Waals surface area contributed by atoms with Crippen LogP contribution in [0.25, 0.3) is 0 Å². The highest BCUT2D eigenvalue weighted by atomic mass is 79.9. The predicted octanol–water partition coefficient (Wildman–Crippen LogP) is 4.24. The molecule has 18 heavy (non-hydrogen) atoms. The molecule has 1 aromatic heterocycles. The lowest BCUT2D eigenvalue weighted by molar-refractivity contribution is 0.0292. The first kappa shape index (κ1) is 13.9. The van der Waals surface area contributed by atoms with E-state index >= 15 is 0 Å². The van der Waals surface area contributed by atoms with Gasteiger partial charge in [0.25, 0.3) is 0 Å². The Hall–Kier alpha value is -0.550. The average molecular weight is 332 g/mol. The van der Waals surface area contributed by atoms with Crippen molar-refractivity contribution in [3.05, 3.63) is 20.8 Å². The third-order valence-corrected chi connectivity index (χ3v) is 4.62. The van der Waals surface area contributed by atoms with E-state index in [0.29, 0.717) is 5.92 Å². The molecule has 0 aliphatic carbocycles. The van der Waals surface area contributed by atoms with Crippen molar-refractivity contribution in [3.63, 3.8) is 0 Å². The first-order valence-corrected chi connectivity index (χ1v) is 7.69. The van der Waals surface area contributed by atoms with Crippen LogP contribution in [0.1, 0.15) is 38.0 Å². The molecule has 2 heterocycles. The molecule has 2 rings (SSSR count). The number of halogens is 1. The van der Waals surface area contributed by atoms with Crippen molar-refractivity contribution in [1.82, 2.24) is 4.90 Å². The molecule has 1 aromatic rings. The molecular weight excluding hydrogens is 314 g/mol. The summed E-state index contributed by atoms with van der Waals surface area (Å²) in [4.78, 5) is 15.1. The molecule has 1 fully saturated rings. The van der Waals surface area contributed by atoms with Gasteiger partial charge in [-0.15, -0.1) is 11.3 Å². The van der Waals surface area contributed by atoms with Crippen LogP contribution in [-0.2, 0) is 4.74 Å². The monoisotopic (exact) mass is 331 g/mol. The summed E-state index contributed by atoms with van der Waals surface area (Å²) in [6.07, 6.45) is 0.826. The van der Waals surface area contributed by atoms with Gasteiger partial charge in [0.05, 0.1) is 3.79 Å². The summed E-state index contributed by atoms with van der Waals surface area (Å²) in [5.41, 5.74) is -0.416. The van der Waals surface area contributed by atoms with Crippen molar-refractivity contribution >= 4 is 33.4 Å². The van der Waals surface area contributed by atoms with Gasteiger partial charge in [-0.05, 0) is 55.3 Å². The molecule has 1 amide bonds. The molecule has 0 spiro atoms. The third kappa shape index (κ3) is 3.48. The van der Waals surface area contributed by atoms with Crippen LogP contribution in [0, 0.1) is 0 Å². The zero-order valence-corrected chi connectivity index (χ0v) is 13.3. The van der Waals surface area contributed by atoms with E-state index in [4.69, 9.17) is 4.74 Å². The highest BCUT2D eigenvalue weighted by Crippen LogP contribution is 2.34. The maximum absolute atomic E-state index is 11.9. The molecule has 0 saturated carbocycles. The van der Waals surface area contributed by atoms with Crippen LogP contribution in [0.4, 0.5) is 4.79 Å². The van der Waals surface area contributed by atoms with Crippen molar-refractivity contribution in [1.29, 1.82) is 0 Å². The van der Waals surface area contributed by atoms with Crippen LogP contribution in [0.3, 0.4) is 0 Å². The van der Waals surface area contributed by atoms with Crippen LogP contribution in [0.15, 0.2) is 15.9 Å². The fraction of sp³-hybridized carbons (Fsp3) is 0.615. The SMILES string of the molecule is CC(C)(C)OC(=O)N1CCC(c2ccc(Br)s2)C1. The van der Waals surface area contributed by atoms with Crippen molar-refractivity contribution in [2.75, 3.05) is 13.1 Å². The summed E-state index contributed by atoms with van der Waals surface area (Å²) in [6.45, 7) is 7.25. The zero-order chi connectivity index (χ0) is 13.3. The van der Waals surface area contributed by atoms with E-state index in [9.17, 15) is 4.79 Å². The minimum atomic E-state index is -0.416. The van der Waals surface area contributed by atoms with E-state index in [1.807, 2.05) is 25.7 Å². The number of thiophene rings is 1. The number of amides is 1. The fourth-order valence-electron chi connectivity index (χ4n) is 2.03. The summed E-state index contributed by atoms with van der Waals surface area (Å²) < 4.78 is 6.54. The van der Waals surface area contributed by atoms with Gasteiger partial charge in [-0.1, -0.05) is 0 Å². The maximum Gasteiger partial charge on any atom is 0.410 e. The van der Waals surface area contributed by atoms with Crippen molar-refractivity contribution < 1.29 is 9.53 Å². The van der Waals surface area contributed by atoms with Crippen molar-refractivity contribution in [2.24, 2.45) is 0 Å². The van der Waals surface area contributed by atoms with Crippen LogP contribution in [-0.4, -0.2) is 29.7 Å². The Morgan fingerprint density at radius 3 is 2.78 bits per heavy atom. The lowest BCUT2D eigenvalue weighted by Gasteiger charge is -2.24. The molecule has 1 aliphatic heterocycles. The zero-order valence-electron chi connectivity index (χ0n) is 10.9. The second-order valence-electron chi connectivity index (χ2n) is 5.55. The number of nitrogens with zero attached hydrogens (tertiary/aromatic N) is 1. The largest absolute Gasteiger partial charge is 0.444 e. The Bertz CT molecular complexity index is 438. The smallest absolute Gasteiger partial charge is 0.410 e. The van der Waals surface area contributed by atoms with Gasteiger partial charge in [-0.25, -0.2) is 4.79 Å². The first-order valence-electron chi connectivity index (χ1n) is 6.08. The second-order valence-corrected chi connectivity index (χ2v) is 8.05. The Morgan fingerprint density at radius 2 is 2.22 bits per heavy atom. The van der Waals surface area contributed by atoms with E-state index in [1.54, 1.807) is 11.3 Å². The van der Waals surface area contributed by atoms with Gasteiger partial charge >= 0.3 is 6.09 Å². The summed E-state index contributed by atoms with van der Waals surface area (Å²) >= 11 is 5.23. The Labute approximate surface area is 120 Å². The van der Waals surface area contributed by atoms with Crippen LogP contribution >= 0.6 is 27.3 Å². The summed E-state index contributed by atoms with van der Waals surface area (Å²) in [7, 11) is 0. The van der Waals surface area contributed by atoms with Gasteiger partial charge in [0.15, 0.2) is 0 Å².